The van der Waals surface area contributed by atoms with Crippen LogP contribution in [0.2, 0.25) is 0 Å². The molecule has 0 atom stereocenters. The third kappa shape index (κ3) is 5.24. The number of ether oxygens (including phenoxy) is 2. The number of benzene rings is 3. The number of nitriles is 1. The summed E-state index contributed by atoms with van der Waals surface area (Å²) in [5.41, 5.74) is 3.10. The first-order valence-electron chi connectivity index (χ1n) is 12.8. The standard InChI is InChI=1S/C30H30N4O4/c1-18(2)36-27-12-10-20(13-22(27)14-31)29-32-28(33-38-29)26-11-9-21(24-7-5-6-8-25(24)26)15-34-16-23(17-34)30(35)37-19(3)4/h5-13,18-19,23H,15-17H2,1-4H3. The zero-order valence-electron chi connectivity index (χ0n) is 22.0. The number of carbonyl (C=O) groups is 1. The molecule has 3 aromatic carbocycles. The van der Waals surface area contributed by atoms with E-state index in [9.17, 15) is 10.1 Å². The molecule has 1 aromatic heterocycles. The van der Waals surface area contributed by atoms with Gasteiger partial charge >= 0.3 is 5.97 Å². The third-order valence-electron chi connectivity index (χ3n) is 6.43. The molecule has 0 amide bonds. The fourth-order valence-electron chi connectivity index (χ4n) is 4.67. The van der Waals surface area contributed by atoms with Crippen LogP contribution in [0.5, 0.6) is 5.75 Å². The van der Waals surface area contributed by atoms with E-state index < -0.39 is 0 Å². The summed E-state index contributed by atoms with van der Waals surface area (Å²) in [6.45, 7) is 9.71. The Morgan fingerprint density at radius 1 is 1.08 bits per heavy atom. The molecule has 0 spiro atoms. The van der Waals surface area contributed by atoms with Gasteiger partial charge in [0.05, 0.1) is 23.7 Å². The summed E-state index contributed by atoms with van der Waals surface area (Å²) in [7, 11) is 0. The summed E-state index contributed by atoms with van der Waals surface area (Å²) >= 11 is 0. The molecule has 1 aliphatic heterocycles. The lowest BCUT2D eigenvalue weighted by Gasteiger charge is -2.38. The van der Waals surface area contributed by atoms with Gasteiger partial charge in [0, 0.05) is 30.8 Å². The van der Waals surface area contributed by atoms with Crippen molar-refractivity contribution in [2.24, 2.45) is 5.92 Å². The first kappa shape index (κ1) is 25.4. The van der Waals surface area contributed by atoms with Crippen molar-refractivity contribution in [3.63, 3.8) is 0 Å². The van der Waals surface area contributed by atoms with E-state index in [2.05, 4.69) is 39.3 Å². The number of rotatable bonds is 8. The minimum Gasteiger partial charge on any atom is -0.490 e. The summed E-state index contributed by atoms with van der Waals surface area (Å²) in [4.78, 5) is 19.1. The number of fused-ring (bicyclic) bond motifs is 1. The Morgan fingerprint density at radius 3 is 2.55 bits per heavy atom. The lowest BCUT2D eigenvalue weighted by atomic mass is 9.95. The van der Waals surface area contributed by atoms with Crippen molar-refractivity contribution in [1.82, 2.24) is 15.0 Å². The molecular weight excluding hydrogens is 480 g/mol. The van der Waals surface area contributed by atoms with E-state index in [0.29, 0.717) is 41.7 Å². The lowest BCUT2D eigenvalue weighted by molar-refractivity contribution is -0.158. The van der Waals surface area contributed by atoms with Crippen molar-refractivity contribution in [2.45, 2.75) is 46.4 Å². The summed E-state index contributed by atoms with van der Waals surface area (Å²) in [6, 6.07) is 19.7. The molecule has 1 aliphatic rings. The van der Waals surface area contributed by atoms with Gasteiger partial charge in [-0.15, -0.1) is 0 Å². The normalized spacial score (nSPS) is 14.0. The van der Waals surface area contributed by atoms with Crippen LogP contribution in [0.1, 0.15) is 38.8 Å². The first-order valence-corrected chi connectivity index (χ1v) is 12.8. The maximum atomic E-state index is 12.2. The molecule has 0 aliphatic carbocycles. The van der Waals surface area contributed by atoms with Gasteiger partial charge in [0.1, 0.15) is 11.8 Å². The molecule has 38 heavy (non-hydrogen) atoms. The van der Waals surface area contributed by atoms with Crippen LogP contribution >= 0.6 is 0 Å². The fraction of sp³-hybridized carbons (Fsp3) is 0.333. The largest absolute Gasteiger partial charge is 0.490 e. The quantitative estimate of drug-likeness (QED) is 0.282. The molecule has 194 valence electrons. The van der Waals surface area contributed by atoms with Gasteiger partial charge in [-0.2, -0.15) is 10.2 Å². The number of nitrogens with zero attached hydrogens (tertiary/aromatic N) is 4. The predicted molar refractivity (Wildman–Crippen MR) is 143 cm³/mol. The van der Waals surface area contributed by atoms with E-state index in [1.165, 1.54) is 5.56 Å². The van der Waals surface area contributed by atoms with Crippen LogP contribution in [0.25, 0.3) is 33.6 Å². The molecule has 0 bridgehead atoms. The van der Waals surface area contributed by atoms with Gasteiger partial charge in [-0.3, -0.25) is 9.69 Å². The molecular formula is C30H30N4O4. The van der Waals surface area contributed by atoms with E-state index in [4.69, 9.17) is 14.0 Å². The van der Waals surface area contributed by atoms with Crippen molar-refractivity contribution in [2.75, 3.05) is 13.1 Å². The number of hydrogen-bond donors (Lipinski definition) is 0. The molecule has 0 radical (unpaired) electrons. The Balaban J connectivity index is 1.37. The Morgan fingerprint density at radius 2 is 1.84 bits per heavy atom. The minimum atomic E-state index is -0.117. The summed E-state index contributed by atoms with van der Waals surface area (Å²) in [5.74, 6) is 1.16. The Hall–Kier alpha value is -4.22. The highest BCUT2D eigenvalue weighted by atomic mass is 16.5. The second-order valence-electron chi connectivity index (χ2n) is 10.1. The number of esters is 1. The molecule has 0 unspecified atom stereocenters. The highest BCUT2D eigenvalue weighted by Gasteiger charge is 2.34. The van der Waals surface area contributed by atoms with Gasteiger partial charge in [0.25, 0.3) is 5.89 Å². The number of likely N-dealkylation sites (tertiary alicyclic amines) is 1. The first-order chi connectivity index (χ1) is 18.3. The van der Waals surface area contributed by atoms with Gasteiger partial charge in [-0.05, 0) is 62.2 Å². The Bertz CT molecular complexity index is 1510. The van der Waals surface area contributed by atoms with Crippen LogP contribution < -0.4 is 4.74 Å². The van der Waals surface area contributed by atoms with Crippen LogP contribution in [0.3, 0.4) is 0 Å². The molecule has 8 heteroatoms. The summed E-state index contributed by atoms with van der Waals surface area (Å²) < 4.78 is 16.7. The van der Waals surface area contributed by atoms with E-state index >= 15 is 0 Å². The van der Waals surface area contributed by atoms with Crippen LogP contribution in [0.15, 0.2) is 59.1 Å². The maximum Gasteiger partial charge on any atom is 0.311 e. The van der Waals surface area contributed by atoms with Gasteiger partial charge in [0.2, 0.25) is 5.82 Å². The van der Waals surface area contributed by atoms with E-state index in [0.717, 1.165) is 22.9 Å². The van der Waals surface area contributed by atoms with Crippen LogP contribution in [0, 0.1) is 17.2 Å². The average molecular weight is 511 g/mol. The summed E-state index contributed by atoms with van der Waals surface area (Å²) in [6.07, 6.45) is -0.131. The van der Waals surface area contributed by atoms with Crippen molar-refractivity contribution >= 4 is 16.7 Å². The SMILES string of the molecule is CC(C)OC(=O)C1CN(Cc2ccc(-c3noc(-c4ccc(OC(C)C)c(C#N)c4)n3)c3ccccc23)C1. The van der Waals surface area contributed by atoms with Crippen molar-refractivity contribution < 1.29 is 18.8 Å². The highest BCUT2D eigenvalue weighted by Crippen LogP contribution is 2.33. The topological polar surface area (TPSA) is 101 Å². The van der Waals surface area contributed by atoms with Crippen molar-refractivity contribution in [1.29, 1.82) is 5.26 Å². The van der Waals surface area contributed by atoms with Crippen LogP contribution in [0.4, 0.5) is 0 Å². The Labute approximate surface area is 221 Å². The second-order valence-corrected chi connectivity index (χ2v) is 10.1. The molecule has 8 nitrogen and oxygen atoms in total. The minimum absolute atomic E-state index is 0.0388. The van der Waals surface area contributed by atoms with Crippen LogP contribution in [-0.4, -0.2) is 46.3 Å². The highest BCUT2D eigenvalue weighted by molar-refractivity contribution is 5.97. The van der Waals surface area contributed by atoms with E-state index in [1.807, 2.05) is 52.0 Å². The maximum absolute atomic E-state index is 12.2. The van der Waals surface area contributed by atoms with Gasteiger partial charge in [-0.1, -0.05) is 41.6 Å². The molecule has 4 aromatic rings. The molecule has 5 rings (SSSR count). The summed E-state index contributed by atoms with van der Waals surface area (Å²) in [5, 5.41) is 15.9. The number of carbonyl (C=O) groups excluding carboxylic acids is 1. The molecule has 1 saturated heterocycles. The van der Waals surface area contributed by atoms with E-state index in [1.54, 1.807) is 12.1 Å². The Kier molecular flexibility index (Phi) is 7.12. The van der Waals surface area contributed by atoms with Gasteiger partial charge < -0.3 is 14.0 Å². The van der Waals surface area contributed by atoms with E-state index in [-0.39, 0.29) is 24.1 Å². The van der Waals surface area contributed by atoms with Crippen molar-refractivity contribution in [3.8, 4) is 34.7 Å². The molecule has 2 heterocycles. The third-order valence-corrected chi connectivity index (χ3v) is 6.43. The zero-order valence-corrected chi connectivity index (χ0v) is 22.0. The second kappa shape index (κ2) is 10.6. The number of aromatic nitrogens is 2. The van der Waals surface area contributed by atoms with Gasteiger partial charge in [0.15, 0.2) is 0 Å². The van der Waals surface area contributed by atoms with Crippen molar-refractivity contribution in [3.05, 3.63) is 65.7 Å². The monoisotopic (exact) mass is 510 g/mol. The molecule has 1 fully saturated rings. The average Bonchev–Trinajstić information content (AvgIpc) is 3.35. The molecule has 0 saturated carbocycles. The van der Waals surface area contributed by atoms with Gasteiger partial charge in [-0.25, -0.2) is 0 Å². The molecule has 0 N–H and O–H groups in total. The predicted octanol–water partition coefficient (Wildman–Crippen LogP) is 5.60. The lowest BCUT2D eigenvalue weighted by Crippen LogP contribution is -2.50. The number of hydrogen-bond acceptors (Lipinski definition) is 8. The smallest absolute Gasteiger partial charge is 0.311 e. The van der Waals surface area contributed by atoms with Crippen LogP contribution in [-0.2, 0) is 16.1 Å². The fourth-order valence-corrected chi connectivity index (χ4v) is 4.67. The zero-order chi connectivity index (χ0) is 26.8.